The zero-order chi connectivity index (χ0) is 52.9. The van der Waals surface area contributed by atoms with Gasteiger partial charge in [-0.05, 0) is 109 Å². The van der Waals surface area contributed by atoms with Crippen LogP contribution in [0.15, 0.2) is 146 Å². The molecular formula is C67H106O6. The lowest BCUT2D eigenvalue weighted by molar-refractivity contribution is -0.166. The van der Waals surface area contributed by atoms with Crippen LogP contribution in [0.5, 0.6) is 0 Å². The third-order valence-electron chi connectivity index (χ3n) is 11.9. The van der Waals surface area contributed by atoms with Gasteiger partial charge in [0.25, 0.3) is 0 Å². The topological polar surface area (TPSA) is 78.9 Å². The molecule has 0 aromatic carbocycles. The van der Waals surface area contributed by atoms with E-state index in [9.17, 15) is 14.4 Å². The van der Waals surface area contributed by atoms with Crippen molar-refractivity contribution in [1.29, 1.82) is 0 Å². The highest BCUT2D eigenvalue weighted by Gasteiger charge is 2.19. The normalized spacial score (nSPS) is 13.2. The highest BCUT2D eigenvalue weighted by atomic mass is 16.6. The van der Waals surface area contributed by atoms with Gasteiger partial charge < -0.3 is 14.2 Å². The molecule has 6 heteroatoms. The molecule has 0 radical (unpaired) electrons. The van der Waals surface area contributed by atoms with Gasteiger partial charge in [0.05, 0.1) is 0 Å². The van der Waals surface area contributed by atoms with Crippen LogP contribution in [-0.2, 0) is 28.6 Å². The van der Waals surface area contributed by atoms with Crippen molar-refractivity contribution in [1.82, 2.24) is 0 Å². The van der Waals surface area contributed by atoms with Gasteiger partial charge in [0.1, 0.15) is 13.2 Å². The number of hydrogen-bond acceptors (Lipinski definition) is 6. The highest BCUT2D eigenvalue weighted by Crippen LogP contribution is 2.14. The van der Waals surface area contributed by atoms with E-state index in [-0.39, 0.29) is 31.6 Å². The Morgan fingerprint density at radius 3 is 0.890 bits per heavy atom. The minimum absolute atomic E-state index is 0.118. The van der Waals surface area contributed by atoms with Crippen molar-refractivity contribution in [3.63, 3.8) is 0 Å². The van der Waals surface area contributed by atoms with E-state index in [1.807, 2.05) is 12.2 Å². The largest absolute Gasteiger partial charge is 0.462 e. The molecule has 0 aromatic rings. The van der Waals surface area contributed by atoms with Gasteiger partial charge in [0.15, 0.2) is 6.10 Å². The molecule has 1 unspecified atom stereocenters. The number of rotatable bonds is 51. The Morgan fingerprint density at radius 1 is 0.288 bits per heavy atom. The summed E-state index contributed by atoms with van der Waals surface area (Å²) in [5.74, 6) is -1.03. The van der Waals surface area contributed by atoms with Gasteiger partial charge in [-0.15, -0.1) is 0 Å². The van der Waals surface area contributed by atoms with E-state index in [1.165, 1.54) is 64.2 Å². The molecule has 0 saturated carbocycles. The fourth-order valence-electron chi connectivity index (χ4n) is 7.53. The number of allylic oxidation sites excluding steroid dienone is 24. The van der Waals surface area contributed by atoms with Crippen LogP contribution in [0.25, 0.3) is 0 Å². The summed E-state index contributed by atoms with van der Waals surface area (Å²) in [5.41, 5.74) is 0. The number of hydrogen-bond donors (Lipinski definition) is 0. The van der Waals surface area contributed by atoms with Crippen LogP contribution in [0.3, 0.4) is 0 Å². The first-order valence-electron chi connectivity index (χ1n) is 29.3. The summed E-state index contributed by atoms with van der Waals surface area (Å²) in [5, 5.41) is 0. The average molecular weight is 1010 g/mol. The number of carbonyl (C=O) groups excluding carboxylic acids is 3. The molecule has 0 N–H and O–H groups in total. The van der Waals surface area contributed by atoms with Gasteiger partial charge >= 0.3 is 17.9 Å². The molecule has 0 aromatic heterocycles. The Hall–Kier alpha value is -4.71. The van der Waals surface area contributed by atoms with Crippen molar-refractivity contribution in [2.75, 3.05) is 13.2 Å². The summed E-state index contributed by atoms with van der Waals surface area (Å²) in [6.07, 6.45) is 85.7. The summed E-state index contributed by atoms with van der Waals surface area (Å²) in [7, 11) is 0. The average Bonchev–Trinajstić information content (AvgIpc) is 3.39. The fraction of sp³-hybridized carbons (Fsp3) is 0.597. The molecule has 0 rings (SSSR count). The number of carbonyl (C=O) groups is 3. The Balaban J connectivity index is 4.41. The molecule has 6 nitrogen and oxygen atoms in total. The maximum Gasteiger partial charge on any atom is 0.306 e. The second-order valence-corrected chi connectivity index (χ2v) is 18.8. The van der Waals surface area contributed by atoms with Crippen molar-refractivity contribution < 1.29 is 28.6 Å². The van der Waals surface area contributed by atoms with Gasteiger partial charge in [0.2, 0.25) is 0 Å². The molecule has 0 aliphatic rings. The summed E-state index contributed by atoms with van der Waals surface area (Å²) in [6, 6.07) is 0. The second-order valence-electron chi connectivity index (χ2n) is 18.8. The van der Waals surface area contributed by atoms with Crippen molar-refractivity contribution in [2.45, 2.75) is 245 Å². The Bertz CT molecular complexity index is 1630. The molecule has 0 fully saturated rings. The lowest BCUT2D eigenvalue weighted by Gasteiger charge is -2.18. The standard InChI is InChI=1S/C67H106O6/c1-4-7-10-13-16-19-22-25-26-27-28-29-30-31-32-33-34-35-36-37-38-39-40-43-45-48-51-54-57-60-66(69)72-63-64(73-67(70)61-58-55-52-49-46-42-24-21-18-15-12-9-6-3)62-71-65(68)59-56-53-50-47-44-41-23-20-17-14-11-8-5-2/h7,9-10,12,16,18-19,21,25-26,28-29,31-32,34-35,37-38,40,42-43,46,52,55,64H,4-6,8,11,13-15,17,20,22-24,27,30,33,36,39,41,44-45,47-51,53-54,56-63H2,1-3H3/b10-7-,12-9-,19-16-,21-18-,26-25-,29-28-,32-31-,35-34-,38-37-,43-40-,46-42-,55-52-. The minimum Gasteiger partial charge on any atom is -0.462 e. The lowest BCUT2D eigenvalue weighted by Crippen LogP contribution is -2.30. The first-order valence-corrected chi connectivity index (χ1v) is 29.3. The monoisotopic (exact) mass is 1010 g/mol. The molecular weight excluding hydrogens is 901 g/mol. The molecule has 0 spiro atoms. The van der Waals surface area contributed by atoms with Gasteiger partial charge in [-0.3, -0.25) is 14.4 Å². The van der Waals surface area contributed by atoms with Crippen LogP contribution in [0.2, 0.25) is 0 Å². The molecule has 0 bridgehead atoms. The maximum atomic E-state index is 12.8. The Morgan fingerprint density at radius 2 is 0.562 bits per heavy atom. The van der Waals surface area contributed by atoms with E-state index in [2.05, 4.69) is 154 Å². The predicted octanol–water partition coefficient (Wildman–Crippen LogP) is 20.0. The first kappa shape index (κ1) is 68.3. The van der Waals surface area contributed by atoms with Crippen LogP contribution in [0, 0.1) is 0 Å². The quantitative estimate of drug-likeness (QED) is 0.0261. The van der Waals surface area contributed by atoms with Crippen molar-refractivity contribution in [3.05, 3.63) is 146 Å². The van der Waals surface area contributed by atoms with Crippen LogP contribution in [0.4, 0.5) is 0 Å². The molecule has 1 atom stereocenters. The molecule has 0 aliphatic carbocycles. The Labute approximate surface area is 448 Å². The maximum absolute atomic E-state index is 12.8. The van der Waals surface area contributed by atoms with E-state index in [4.69, 9.17) is 14.2 Å². The van der Waals surface area contributed by atoms with E-state index >= 15 is 0 Å². The van der Waals surface area contributed by atoms with Crippen LogP contribution < -0.4 is 0 Å². The van der Waals surface area contributed by atoms with Gasteiger partial charge in [-0.2, -0.15) is 0 Å². The summed E-state index contributed by atoms with van der Waals surface area (Å²) < 4.78 is 16.7. The first-order chi connectivity index (χ1) is 36.0. The smallest absolute Gasteiger partial charge is 0.306 e. The molecule has 0 aliphatic heterocycles. The second kappa shape index (κ2) is 59.8. The van der Waals surface area contributed by atoms with E-state index < -0.39 is 12.1 Å². The summed E-state index contributed by atoms with van der Waals surface area (Å²) in [4.78, 5) is 38.1. The van der Waals surface area contributed by atoms with Crippen LogP contribution in [0.1, 0.15) is 239 Å². The third kappa shape index (κ3) is 58.1. The van der Waals surface area contributed by atoms with E-state index in [1.54, 1.807) is 0 Å². The zero-order valence-corrected chi connectivity index (χ0v) is 46.8. The predicted molar refractivity (Wildman–Crippen MR) is 315 cm³/mol. The number of esters is 3. The van der Waals surface area contributed by atoms with E-state index in [0.29, 0.717) is 19.3 Å². The van der Waals surface area contributed by atoms with Crippen LogP contribution in [-0.4, -0.2) is 37.2 Å². The lowest BCUT2D eigenvalue weighted by atomic mass is 10.0. The zero-order valence-electron chi connectivity index (χ0n) is 46.8. The molecule has 73 heavy (non-hydrogen) atoms. The SMILES string of the molecule is CC/C=C\C/C=C\C/C=C\C/C=C\C/C=C\C/C=C\C/C=C\C/C=C\CCCCCCC(=O)OCC(COC(=O)CCCCCCCCCCCCCCC)OC(=O)CC/C=C\C/C=C\C/C=C\C/C=C\CC. The van der Waals surface area contributed by atoms with Crippen molar-refractivity contribution in [2.24, 2.45) is 0 Å². The molecule has 0 heterocycles. The van der Waals surface area contributed by atoms with Crippen molar-refractivity contribution in [3.8, 4) is 0 Å². The van der Waals surface area contributed by atoms with Gasteiger partial charge in [-0.25, -0.2) is 0 Å². The van der Waals surface area contributed by atoms with Crippen molar-refractivity contribution >= 4 is 17.9 Å². The fourth-order valence-corrected chi connectivity index (χ4v) is 7.53. The number of unbranched alkanes of at least 4 members (excludes halogenated alkanes) is 16. The minimum atomic E-state index is -0.831. The van der Waals surface area contributed by atoms with Crippen LogP contribution >= 0.6 is 0 Å². The van der Waals surface area contributed by atoms with Gasteiger partial charge in [-0.1, -0.05) is 256 Å². The van der Waals surface area contributed by atoms with E-state index in [0.717, 1.165) is 128 Å². The summed E-state index contributed by atoms with van der Waals surface area (Å²) in [6.45, 7) is 6.31. The summed E-state index contributed by atoms with van der Waals surface area (Å²) >= 11 is 0. The molecule has 0 amide bonds. The molecule has 0 saturated heterocycles. The number of ether oxygens (including phenoxy) is 3. The van der Waals surface area contributed by atoms with Gasteiger partial charge in [0, 0.05) is 19.3 Å². The Kier molecular flexibility index (Phi) is 56.0. The molecule has 410 valence electrons. The highest BCUT2D eigenvalue weighted by molar-refractivity contribution is 5.71. The third-order valence-corrected chi connectivity index (χ3v) is 11.9.